The van der Waals surface area contributed by atoms with E-state index < -0.39 is 0 Å². The Morgan fingerprint density at radius 1 is 1.50 bits per heavy atom. The van der Waals surface area contributed by atoms with E-state index in [2.05, 4.69) is 15.6 Å². The number of hydrogen-bond acceptors (Lipinski definition) is 4. The Labute approximate surface area is 92.7 Å². The molecule has 0 radical (unpaired) electrons. The van der Waals surface area contributed by atoms with Crippen LogP contribution in [-0.2, 0) is 11.3 Å². The molecule has 84 valence electrons. The van der Waals surface area contributed by atoms with Crippen molar-refractivity contribution in [3.05, 3.63) is 23.9 Å². The van der Waals surface area contributed by atoms with Gasteiger partial charge in [-0.15, -0.1) is 0 Å². The lowest BCUT2D eigenvalue weighted by Gasteiger charge is -2.12. The summed E-state index contributed by atoms with van der Waals surface area (Å²) in [6.07, 6.45) is 0. The Hall–Kier alpha value is -2.11. The summed E-state index contributed by atoms with van der Waals surface area (Å²) >= 11 is 0. The van der Waals surface area contributed by atoms with E-state index in [1.54, 1.807) is 13.1 Å². The molecule has 0 atom stereocenters. The molecule has 1 saturated heterocycles. The maximum atomic E-state index is 11.3. The molecule has 2 rings (SSSR count). The molecule has 2 N–H and O–H groups in total. The third-order valence-corrected chi connectivity index (χ3v) is 2.32. The van der Waals surface area contributed by atoms with Crippen molar-refractivity contribution in [3.63, 3.8) is 0 Å². The standard InChI is InChI=1S/C10H12N4O2/c1-11-8-4-2-3-7(13-8)6-14-9(15)5-12-10(14)16/h2-4H,5-6H2,1H3,(H,11,13)(H,12,16). The Morgan fingerprint density at radius 3 is 2.94 bits per heavy atom. The van der Waals surface area contributed by atoms with Gasteiger partial charge < -0.3 is 10.6 Å². The number of hydrogen-bond donors (Lipinski definition) is 2. The summed E-state index contributed by atoms with van der Waals surface area (Å²) in [6, 6.07) is 5.06. The second kappa shape index (κ2) is 4.18. The molecule has 2 heterocycles. The summed E-state index contributed by atoms with van der Waals surface area (Å²) in [5.74, 6) is 0.492. The van der Waals surface area contributed by atoms with E-state index >= 15 is 0 Å². The maximum Gasteiger partial charge on any atom is 0.324 e. The number of nitrogens with zero attached hydrogens (tertiary/aromatic N) is 2. The number of aromatic nitrogens is 1. The molecule has 3 amide bonds. The van der Waals surface area contributed by atoms with Crippen molar-refractivity contribution in [1.82, 2.24) is 15.2 Å². The van der Waals surface area contributed by atoms with Crippen LogP contribution >= 0.6 is 0 Å². The van der Waals surface area contributed by atoms with E-state index in [1.807, 2.05) is 12.1 Å². The smallest absolute Gasteiger partial charge is 0.324 e. The van der Waals surface area contributed by atoms with Gasteiger partial charge in [-0.05, 0) is 12.1 Å². The number of carbonyl (C=O) groups excluding carboxylic acids is 2. The van der Waals surface area contributed by atoms with E-state index in [4.69, 9.17) is 0 Å². The van der Waals surface area contributed by atoms with Gasteiger partial charge in [-0.1, -0.05) is 6.07 Å². The summed E-state index contributed by atoms with van der Waals surface area (Å²) in [5.41, 5.74) is 0.678. The third-order valence-electron chi connectivity index (χ3n) is 2.32. The Balaban J connectivity index is 2.14. The fourth-order valence-corrected chi connectivity index (χ4v) is 1.48. The van der Waals surface area contributed by atoms with Crippen LogP contribution in [0.15, 0.2) is 18.2 Å². The van der Waals surface area contributed by atoms with Gasteiger partial charge in [-0.3, -0.25) is 9.69 Å². The molecule has 0 spiro atoms. The lowest BCUT2D eigenvalue weighted by Crippen LogP contribution is -2.30. The summed E-state index contributed by atoms with van der Waals surface area (Å²) in [7, 11) is 1.76. The van der Waals surface area contributed by atoms with Gasteiger partial charge in [0.1, 0.15) is 5.82 Å². The van der Waals surface area contributed by atoms with Gasteiger partial charge in [-0.2, -0.15) is 0 Å². The molecule has 1 aromatic heterocycles. The largest absolute Gasteiger partial charge is 0.373 e. The predicted molar refractivity (Wildman–Crippen MR) is 57.7 cm³/mol. The molecule has 1 aliphatic rings. The summed E-state index contributed by atoms with van der Waals surface area (Å²) in [5, 5.41) is 5.36. The first-order valence-electron chi connectivity index (χ1n) is 4.92. The molecule has 0 unspecified atom stereocenters. The van der Waals surface area contributed by atoms with E-state index in [-0.39, 0.29) is 25.0 Å². The molecule has 0 bridgehead atoms. The van der Waals surface area contributed by atoms with Gasteiger partial charge in [-0.25, -0.2) is 9.78 Å². The van der Waals surface area contributed by atoms with Crippen LogP contribution in [-0.4, -0.2) is 35.4 Å². The van der Waals surface area contributed by atoms with Crippen molar-refractivity contribution >= 4 is 17.8 Å². The highest BCUT2D eigenvalue weighted by Gasteiger charge is 2.28. The molecule has 0 aliphatic carbocycles. The average molecular weight is 220 g/mol. The minimum absolute atomic E-state index is 0.0740. The fourth-order valence-electron chi connectivity index (χ4n) is 1.48. The van der Waals surface area contributed by atoms with E-state index in [0.717, 1.165) is 4.90 Å². The van der Waals surface area contributed by atoms with E-state index in [0.29, 0.717) is 11.5 Å². The van der Waals surface area contributed by atoms with Crippen molar-refractivity contribution in [2.75, 3.05) is 18.9 Å². The van der Waals surface area contributed by atoms with Crippen molar-refractivity contribution in [3.8, 4) is 0 Å². The first-order chi connectivity index (χ1) is 7.70. The molecule has 6 nitrogen and oxygen atoms in total. The van der Waals surface area contributed by atoms with Crippen LogP contribution in [0.3, 0.4) is 0 Å². The Bertz CT molecular complexity index is 417. The van der Waals surface area contributed by atoms with Crippen LogP contribution < -0.4 is 10.6 Å². The quantitative estimate of drug-likeness (QED) is 0.712. The monoisotopic (exact) mass is 220 g/mol. The van der Waals surface area contributed by atoms with Crippen molar-refractivity contribution in [2.24, 2.45) is 0 Å². The van der Waals surface area contributed by atoms with Crippen LogP contribution in [0.5, 0.6) is 0 Å². The predicted octanol–water partition coefficient (Wildman–Crippen LogP) is 0.175. The van der Waals surface area contributed by atoms with Crippen molar-refractivity contribution < 1.29 is 9.59 Å². The fraction of sp³-hybridized carbons (Fsp3) is 0.300. The minimum Gasteiger partial charge on any atom is -0.373 e. The number of pyridine rings is 1. The first kappa shape index (κ1) is 10.4. The van der Waals surface area contributed by atoms with Gasteiger partial charge in [0.15, 0.2) is 0 Å². The number of nitrogens with one attached hydrogen (secondary N) is 2. The van der Waals surface area contributed by atoms with Gasteiger partial charge in [0.25, 0.3) is 0 Å². The highest BCUT2D eigenvalue weighted by Crippen LogP contribution is 2.09. The zero-order valence-electron chi connectivity index (χ0n) is 8.86. The zero-order valence-corrected chi connectivity index (χ0v) is 8.86. The van der Waals surface area contributed by atoms with Gasteiger partial charge in [0.2, 0.25) is 5.91 Å². The molecular weight excluding hydrogens is 208 g/mol. The van der Waals surface area contributed by atoms with Crippen LogP contribution in [0, 0.1) is 0 Å². The Kier molecular flexibility index (Phi) is 2.72. The normalized spacial score (nSPS) is 15.2. The van der Waals surface area contributed by atoms with Crippen LogP contribution in [0.2, 0.25) is 0 Å². The highest BCUT2D eigenvalue weighted by molar-refractivity contribution is 6.01. The number of amides is 3. The second-order valence-electron chi connectivity index (χ2n) is 3.40. The van der Waals surface area contributed by atoms with Gasteiger partial charge in [0.05, 0.1) is 18.8 Å². The third kappa shape index (κ3) is 1.95. The molecule has 1 aromatic rings. The van der Waals surface area contributed by atoms with Crippen LogP contribution in [0.4, 0.5) is 10.6 Å². The molecule has 0 aromatic carbocycles. The zero-order chi connectivity index (χ0) is 11.5. The SMILES string of the molecule is CNc1cccc(CN2C(=O)CNC2=O)n1. The van der Waals surface area contributed by atoms with Gasteiger partial charge >= 0.3 is 6.03 Å². The van der Waals surface area contributed by atoms with Crippen LogP contribution in [0.1, 0.15) is 5.69 Å². The average Bonchev–Trinajstić information content (AvgIpc) is 2.61. The van der Waals surface area contributed by atoms with E-state index in [1.165, 1.54) is 0 Å². The summed E-state index contributed by atoms with van der Waals surface area (Å²) in [6.45, 7) is 0.282. The molecule has 0 saturated carbocycles. The number of rotatable bonds is 3. The number of anilines is 1. The number of urea groups is 1. The van der Waals surface area contributed by atoms with Crippen LogP contribution in [0.25, 0.3) is 0 Å². The topological polar surface area (TPSA) is 74.3 Å². The molecule has 6 heteroatoms. The summed E-state index contributed by atoms with van der Waals surface area (Å²) < 4.78 is 0. The molecular formula is C10H12N4O2. The maximum absolute atomic E-state index is 11.3. The number of imide groups is 1. The first-order valence-corrected chi connectivity index (χ1v) is 4.92. The molecule has 1 aliphatic heterocycles. The molecule has 16 heavy (non-hydrogen) atoms. The minimum atomic E-state index is -0.360. The lowest BCUT2D eigenvalue weighted by atomic mass is 10.3. The highest BCUT2D eigenvalue weighted by atomic mass is 16.2. The summed E-state index contributed by atoms with van der Waals surface area (Å²) in [4.78, 5) is 28.0. The number of carbonyl (C=O) groups is 2. The molecule has 1 fully saturated rings. The van der Waals surface area contributed by atoms with E-state index in [9.17, 15) is 9.59 Å². The van der Waals surface area contributed by atoms with Crippen molar-refractivity contribution in [2.45, 2.75) is 6.54 Å². The van der Waals surface area contributed by atoms with Gasteiger partial charge in [0, 0.05) is 7.05 Å². The second-order valence-corrected chi connectivity index (χ2v) is 3.40. The lowest BCUT2D eigenvalue weighted by molar-refractivity contribution is -0.125. The Morgan fingerprint density at radius 2 is 2.31 bits per heavy atom. The van der Waals surface area contributed by atoms with Crippen molar-refractivity contribution in [1.29, 1.82) is 0 Å².